The molecule has 2 aromatic carbocycles. The number of carbonyl (C=O) groups excluding carboxylic acids is 1. The second-order valence-corrected chi connectivity index (χ2v) is 7.52. The number of ether oxygens (including phenoxy) is 2. The zero-order valence-corrected chi connectivity index (χ0v) is 16.8. The standard InChI is InChI=1S/C24H31NO3/c1-20(26)27-16-17-28-24-14-12-23(13-15-24)25(18-21-8-4-2-5-9-21)19-22-10-6-3-7-11-22/h2-11,23-24H,12-19H2,1H3/t23-,24-. The summed E-state index contributed by atoms with van der Waals surface area (Å²) in [7, 11) is 0. The molecule has 150 valence electrons. The van der Waals surface area contributed by atoms with Gasteiger partial charge in [-0.15, -0.1) is 0 Å². The first-order valence-electron chi connectivity index (χ1n) is 10.3. The highest BCUT2D eigenvalue weighted by atomic mass is 16.6. The fraction of sp³-hybridized carbons (Fsp3) is 0.458. The second-order valence-electron chi connectivity index (χ2n) is 7.52. The molecule has 0 radical (unpaired) electrons. The van der Waals surface area contributed by atoms with Crippen molar-refractivity contribution in [2.75, 3.05) is 13.2 Å². The van der Waals surface area contributed by atoms with Gasteiger partial charge in [0.15, 0.2) is 0 Å². The summed E-state index contributed by atoms with van der Waals surface area (Å²) < 4.78 is 10.9. The Balaban J connectivity index is 1.54. The van der Waals surface area contributed by atoms with E-state index in [0.29, 0.717) is 19.3 Å². The summed E-state index contributed by atoms with van der Waals surface area (Å²) in [4.78, 5) is 13.4. The van der Waals surface area contributed by atoms with Gasteiger partial charge in [0.1, 0.15) is 6.61 Å². The van der Waals surface area contributed by atoms with Crippen LogP contribution in [0.2, 0.25) is 0 Å². The molecular formula is C24H31NO3. The van der Waals surface area contributed by atoms with Crippen molar-refractivity contribution in [2.24, 2.45) is 0 Å². The van der Waals surface area contributed by atoms with Crippen molar-refractivity contribution in [2.45, 2.75) is 57.8 Å². The van der Waals surface area contributed by atoms with E-state index in [1.54, 1.807) is 0 Å². The van der Waals surface area contributed by atoms with Gasteiger partial charge in [0, 0.05) is 26.1 Å². The first-order valence-corrected chi connectivity index (χ1v) is 10.3. The van der Waals surface area contributed by atoms with Gasteiger partial charge >= 0.3 is 5.97 Å². The molecule has 0 saturated heterocycles. The van der Waals surface area contributed by atoms with E-state index in [4.69, 9.17) is 9.47 Å². The Kier molecular flexibility index (Phi) is 8.07. The van der Waals surface area contributed by atoms with Crippen LogP contribution in [-0.2, 0) is 27.4 Å². The number of carbonyl (C=O) groups is 1. The second kappa shape index (κ2) is 11.0. The number of hydrogen-bond donors (Lipinski definition) is 0. The first-order chi connectivity index (χ1) is 13.7. The van der Waals surface area contributed by atoms with E-state index < -0.39 is 0 Å². The molecule has 0 amide bonds. The maximum atomic E-state index is 10.8. The van der Waals surface area contributed by atoms with Gasteiger partial charge < -0.3 is 9.47 Å². The Labute approximate surface area is 168 Å². The van der Waals surface area contributed by atoms with E-state index in [9.17, 15) is 4.79 Å². The molecule has 0 aliphatic heterocycles. The molecule has 0 heterocycles. The molecule has 0 spiro atoms. The largest absolute Gasteiger partial charge is 0.463 e. The zero-order chi connectivity index (χ0) is 19.6. The van der Waals surface area contributed by atoms with Crippen molar-refractivity contribution in [3.63, 3.8) is 0 Å². The molecule has 1 aliphatic rings. The Bertz CT molecular complexity index is 655. The average Bonchev–Trinajstić information content (AvgIpc) is 2.73. The molecule has 0 unspecified atom stereocenters. The highest BCUT2D eigenvalue weighted by Gasteiger charge is 2.26. The van der Waals surface area contributed by atoms with Crippen molar-refractivity contribution in [3.8, 4) is 0 Å². The van der Waals surface area contributed by atoms with E-state index in [0.717, 1.165) is 38.8 Å². The molecule has 1 fully saturated rings. The maximum absolute atomic E-state index is 10.8. The van der Waals surface area contributed by atoms with Crippen molar-refractivity contribution in [1.82, 2.24) is 4.90 Å². The predicted octanol–water partition coefficient (Wildman–Crippen LogP) is 4.58. The first kappa shape index (κ1) is 20.6. The molecule has 0 bridgehead atoms. The highest BCUT2D eigenvalue weighted by molar-refractivity contribution is 5.65. The summed E-state index contributed by atoms with van der Waals surface area (Å²) in [6.45, 7) is 4.21. The number of benzene rings is 2. The third-order valence-electron chi connectivity index (χ3n) is 5.36. The van der Waals surface area contributed by atoms with Crippen LogP contribution in [0.3, 0.4) is 0 Å². The Morgan fingerprint density at radius 3 is 1.89 bits per heavy atom. The van der Waals surface area contributed by atoms with Gasteiger partial charge in [0.05, 0.1) is 12.7 Å². The number of esters is 1. The minimum atomic E-state index is -0.246. The fourth-order valence-corrected chi connectivity index (χ4v) is 3.93. The molecule has 0 aromatic heterocycles. The molecule has 4 nitrogen and oxygen atoms in total. The van der Waals surface area contributed by atoms with Crippen molar-refractivity contribution in [3.05, 3.63) is 71.8 Å². The summed E-state index contributed by atoms with van der Waals surface area (Å²) in [5, 5.41) is 0. The van der Waals surface area contributed by atoms with Crippen molar-refractivity contribution in [1.29, 1.82) is 0 Å². The van der Waals surface area contributed by atoms with Crippen molar-refractivity contribution >= 4 is 5.97 Å². The van der Waals surface area contributed by atoms with Crippen LogP contribution >= 0.6 is 0 Å². The summed E-state index contributed by atoms with van der Waals surface area (Å²) in [6.07, 6.45) is 4.67. The van der Waals surface area contributed by atoms with E-state index in [1.807, 2.05) is 0 Å². The molecule has 3 rings (SSSR count). The fourth-order valence-electron chi connectivity index (χ4n) is 3.93. The van der Waals surface area contributed by atoms with E-state index >= 15 is 0 Å². The smallest absolute Gasteiger partial charge is 0.302 e. The van der Waals surface area contributed by atoms with Gasteiger partial charge in [-0.3, -0.25) is 9.69 Å². The van der Waals surface area contributed by atoms with Gasteiger partial charge in [-0.05, 0) is 36.8 Å². The third kappa shape index (κ3) is 6.77. The van der Waals surface area contributed by atoms with Crippen LogP contribution in [0, 0.1) is 0 Å². The van der Waals surface area contributed by atoms with Gasteiger partial charge in [0.2, 0.25) is 0 Å². The summed E-state index contributed by atoms with van der Waals surface area (Å²) in [5.74, 6) is -0.246. The molecule has 4 heteroatoms. The van der Waals surface area contributed by atoms with Gasteiger partial charge in [-0.2, -0.15) is 0 Å². The molecular weight excluding hydrogens is 350 g/mol. The van der Waals surface area contributed by atoms with Crippen LogP contribution in [0.4, 0.5) is 0 Å². The highest BCUT2D eigenvalue weighted by Crippen LogP contribution is 2.27. The normalized spacial score (nSPS) is 19.5. The lowest BCUT2D eigenvalue weighted by Crippen LogP contribution is -2.39. The van der Waals surface area contributed by atoms with Crippen LogP contribution in [0.1, 0.15) is 43.7 Å². The van der Waals surface area contributed by atoms with E-state index in [1.165, 1.54) is 18.1 Å². The van der Waals surface area contributed by atoms with Gasteiger partial charge in [0.25, 0.3) is 0 Å². The van der Waals surface area contributed by atoms with Crippen molar-refractivity contribution < 1.29 is 14.3 Å². The van der Waals surface area contributed by atoms with Gasteiger partial charge in [-0.1, -0.05) is 60.7 Å². The summed E-state index contributed by atoms with van der Waals surface area (Å²) in [5.41, 5.74) is 2.72. The minimum Gasteiger partial charge on any atom is -0.463 e. The summed E-state index contributed by atoms with van der Waals surface area (Å²) in [6, 6.07) is 22.0. The average molecular weight is 382 g/mol. The van der Waals surface area contributed by atoms with Crippen LogP contribution in [0.5, 0.6) is 0 Å². The Hall–Kier alpha value is -2.17. The molecule has 1 saturated carbocycles. The monoisotopic (exact) mass is 381 g/mol. The lowest BCUT2D eigenvalue weighted by atomic mass is 9.91. The molecule has 28 heavy (non-hydrogen) atoms. The number of rotatable bonds is 9. The minimum absolute atomic E-state index is 0.246. The Morgan fingerprint density at radius 1 is 0.857 bits per heavy atom. The lowest BCUT2D eigenvalue weighted by molar-refractivity contribution is -0.143. The summed E-state index contributed by atoms with van der Waals surface area (Å²) >= 11 is 0. The third-order valence-corrected chi connectivity index (χ3v) is 5.36. The van der Waals surface area contributed by atoms with Crippen LogP contribution < -0.4 is 0 Å². The van der Waals surface area contributed by atoms with Gasteiger partial charge in [-0.25, -0.2) is 0 Å². The van der Waals surface area contributed by atoms with E-state index in [-0.39, 0.29) is 12.1 Å². The zero-order valence-electron chi connectivity index (χ0n) is 16.8. The molecule has 0 N–H and O–H groups in total. The Morgan fingerprint density at radius 2 is 1.39 bits per heavy atom. The SMILES string of the molecule is CC(=O)OCCO[C@H]1CC[C@H](N(Cc2ccccc2)Cc2ccccc2)CC1. The van der Waals surface area contributed by atoms with Crippen LogP contribution in [-0.4, -0.2) is 36.2 Å². The molecule has 0 atom stereocenters. The quantitative estimate of drug-likeness (QED) is 0.471. The number of nitrogens with zero attached hydrogens (tertiary/aromatic N) is 1. The van der Waals surface area contributed by atoms with E-state index in [2.05, 4.69) is 65.6 Å². The lowest BCUT2D eigenvalue weighted by Gasteiger charge is -2.37. The van der Waals surface area contributed by atoms with Crippen LogP contribution in [0.25, 0.3) is 0 Å². The molecule has 1 aliphatic carbocycles. The predicted molar refractivity (Wildman–Crippen MR) is 111 cm³/mol. The molecule has 2 aromatic rings. The number of hydrogen-bond acceptors (Lipinski definition) is 4. The maximum Gasteiger partial charge on any atom is 0.302 e. The van der Waals surface area contributed by atoms with Crippen LogP contribution in [0.15, 0.2) is 60.7 Å². The topological polar surface area (TPSA) is 38.8 Å².